The number of aromatic nitrogens is 1. The van der Waals surface area contributed by atoms with Crippen LogP contribution in [0.3, 0.4) is 0 Å². The van der Waals surface area contributed by atoms with Crippen molar-refractivity contribution in [2.75, 3.05) is 5.73 Å². The predicted octanol–water partition coefficient (Wildman–Crippen LogP) is 3.53. The fourth-order valence-corrected chi connectivity index (χ4v) is 2.77. The topological polar surface area (TPSA) is 38.9 Å². The van der Waals surface area contributed by atoms with E-state index in [-0.39, 0.29) is 5.82 Å². The van der Waals surface area contributed by atoms with Gasteiger partial charge in [-0.25, -0.2) is 4.39 Å². The number of nitrogen functional groups attached to an aromatic ring is 1. The average Bonchev–Trinajstić information content (AvgIpc) is 2.58. The van der Waals surface area contributed by atoms with Gasteiger partial charge in [0.25, 0.3) is 0 Å². The van der Waals surface area contributed by atoms with Gasteiger partial charge in [-0.2, -0.15) is 0 Å². The summed E-state index contributed by atoms with van der Waals surface area (Å²) in [6.07, 6.45) is 5.51. The molecule has 1 heterocycles. The monoisotopic (exact) mass is 244 g/mol. The van der Waals surface area contributed by atoms with Crippen LogP contribution in [0.2, 0.25) is 0 Å². The summed E-state index contributed by atoms with van der Waals surface area (Å²) in [5.41, 5.74) is 10.6. The Kier molecular flexibility index (Phi) is 2.69. The minimum Gasteiger partial charge on any atom is -0.398 e. The number of nitrogens with zero attached hydrogens (tertiary/aromatic N) is 1. The zero-order valence-electron chi connectivity index (χ0n) is 10.6. The standard InChI is InChI=1S/C15H17FN2/c1-9-7-11-14(8-12(9)16)18-13-6-4-2-3-5-10(13)15(11)17/h7-8H,2-6H2,1H3,(H2,17,18). The van der Waals surface area contributed by atoms with Crippen LogP contribution in [0, 0.1) is 12.7 Å². The second kappa shape index (κ2) is 4.23. The smallest absolute Gasteiger partial charge is 0.128 e. The number of hydrogen-bond acceptors (Lipinski definition) is 2. The van der Waals surface area contributed by atoms with E-state index in [2.05, 4.69) is 4.98 Å². The number of nitrogens with two attached hydrogens (primary N) is 1. The second-order valence-electron chi connectivity index (χ2n) is 5.13. The van der Waals surface area contributed by atoms with Crippen LogP contribution in [0.15, 0.2) is 12.1 Å². The molecule has 18 heavy (non-hydrogen) atoms. The number of pyridine rings is 1. The molecule has 1 aromatic heterocycles. The molecule has 2 N–H and O–H groups in total. The van der Waals surface area contributed by atoms with E-state index in [0.29, 0.717) is 11.1 Å². The number of aryl methyl sites for hydroxylation is 2. The van der Waals surface area contributed by atoms with E-state index in [4.69, 9.17) is 5.73 Å². The van der Waals surface area contributed by atoms with Gasteiger partial charge in [-0.15, -0.1) is 0 Å². The third-order valence-corrected chi connectivity index (χ3v) is 3.84. The molecule has 2 nitrogen and oxygen atoms in total. The number of rotatable bonds is 0. The van der Waals surface area contributed by atoms with E-state index in [9.17, 15) is 4.39 Å². The Morgan fingerprint density at radius 3 is 2.78 bits per heavy atom. The van der Waals surface area contributed by atoms with Crippen LogP contribution in [0.1, 0.15) is 36.1 Å². The van der Waals surface area contributed by atoms with E-state index in [0.717, 1.165) is 36.0 Å². The lowest BCUT2D eigenvalue weighted by Gasteiger charge is -2.12. The van der Waals surface area contributed by atoms with Gasteiger partial charge >= 0.3 is 0 Å². The molecule has 0 spiro atoms. The maximum atomic E-state index is 13.6. The van der Waals surface area contributed by atoms with Crippen LogP contribution in [0.25, 0.3) is 10.9 Å². The molecule has 1 aromatic carbocycles. The van der Waals surface area contributed by atoms with Crippen LogP contribution >= 0.6 is 0 Å². The van der Waals surface area contributed by atoms with Gasteiger partial charge in [0.15, 0.2) is 0 Å². The van der Waals surface area contributed by atoms with Crippen molar-refractivity contribution in [1.29, 1.82) is 0 Å². The Balaban J connectivity index is 2.31. The van der Waals surface area contributed by atoms with Gasteiger partial charge in [-0.3, -0.25) is 4.98 Å². The van der Waals surface area contributed by atoms with Crippen LogP contribution < -0.4 is 5.73 Å². The maximum absolute atomic E-state index is 13.6. The zero-order valence-corrected chi connectivity index (χ0v) is 10.6. The summed E-state index contributed by atoms with van der Waals surface area (Å²) in [4.78, 5) is 4.62. The predicted molar refractivity (Wildman–Crippen MR) is 72.1 cm³/mol. The minimum atomic E-state index is -0.206. The summed E-state index contributed by atoms with van der Waals surface area (Å²) in [5, 5.41) is 0.898. The molecule has 0 radical (unpaired) electrons. The second-order valence-corrected chi connectivity index (χ2v) is 5.13. The molecule has 0 amide bonds. The highest BCUT2D eigenvalue weighted by molar-refractivity contribution is 5.92. The molecule has 3 rings (SSSR count). The van der Waals surface area contributed by atoms with Gasteiger partial charge < -0.3 is 5.73 Å². The highest BCUT2D eigenvalue weighted by atomic mass is 19.1. The van der Waals surface area contributed by atoms with Crippen molar-refractivity contribution in [2.24, 2.45) is 0 Å². The highest BCUT2D eigenvalue weighted by Gasteiger charge is 2.16. The van der Waals surface area contributed by atoms with Crippen molar-refractivity contribution >= 4 is 16.6 Å². The first-order chi connectivity index (χ1) is 8.66. The van der Waals surface area contributed by atoms with Crippen molar-refractivity contribution in [1.82, 2.24) is 4.98 Å². The molecule has 0 fully saturated rings. The minimum absolute atomic E-state index is 0.206. The van der Waals surface area contributed by atoms with Crippen molar-refractivity contribution in [2.45, 2.75) is 39.0 Å². The average molecular weight is 244 g/mol. The Morgan fingerprint density at radius 1 is 1.17 bits per heavy atom. The molecule has 0 unspecified atom stereocenters. The number of fused-ring (bicyclic) bond motifs is 2. The third-order valence-electron chi connectivity index (χ3n) is 3.84. The van der Waals surface area contributed by atoms with Gasteiger partial charge in [0.05, 0.1) is 5.52 Å². The first-order valence-electron chi connectivity index (χ1n) is 6.54. The summed E-state index contributed by atoms with van der Waals surface area (Å²) < 4.78 is 13.6. The van der Waals surface area contributed by atoms with E-state index >= 15 is 0 Å². The first kappa shape index (κ1) is 11.5. The molecule has 1 aliphatic rings. The Labute approximate surface area is 106 Å². The van der Waals surface area contributed by atoms with Crippen molar-refractivity contribution in [3.05, 3.63) is 34.8 Å². The zero-order chi connectivity index (χ0) is 12.7. The Morgan fingerprint density at radius 2 is 1.94 bits per heavy atom. The van der Waals surface area contributed by atoms with Gasteiger partial charge in [0.1, 0.15) is 5.82 Å². The maximum Gasteiger partial charge on any atom is 0.128 e. The number of halogens is 1. The van der Waals surface area contributed by atoms with Crippen LogP contribution in [-0.2, 0) is 12.8 Å². The molecule has 0 atom stereocenters. The van der Waals surface area contributed by atoms with Gasteiger partial charge in [0.2, 0.25) is 0 Å². The lowest BCUT2D eigenvalue weighted by molar-refractivity contribution is 0.620. The third kappa shape index (κ3) is 1.74. The van der Waals surface area contributed by atoms with Crippen LogP contribution in [0.5, 0.6) is 0 Å². The van der Waals surface area contributed by atoms with Crippen molar-refractivity contribution in [3.8, 4) is 0 Å². The fraction of sp³-hybridized carbons (Fsp3) is 0.400. The summed E-state index contributed by atoms with van der Waals surface area (Å²) in [6, 6.07) is 3.32. The van der Waals surface area contributed by atoms with Crippen LogP contribution in [-0.4, -0.2) is 4.98 Å². The number of anilines is 1. The lowest BCUT2D eigenvalue weighted by atomic mass is 10.0. The van der Waals surface area contributed by atoms with Crippen molar-refractivity contribution in [3.63, 3.8) is 0 Å². The molecular formula is C15H17FN2. The van der Waals surface area contributed by atoms with E-state index in [1.165, 1.54) is 24.5 Å². The quantitative estimate of drug-likeness (QED) is 0.720. The van der Waals surface area contributed by atoms with Crippen LogP contribution in [0.4, 0.5) is 10.1 Å². The largest absolute Gasteiger partial charge is 0.398 e. The molecule has 0 saturated carbocycles. The molecule has 0 aliphatic heterocycles. The molecule has 3 heteroatoms. The van der Waals surface area contributed by atoms with Crippen molar-refractivity contribution < 1.29 is 4.39 Å². The molecule has 0 bridgehead atoms. The normalized spacial score (nSPS) is 15.4. The van der Waals surface area contributed by atoms with Gasteiger partial charge in [0, 0.05) is 22.8 Å². The Bertz CT molecular complexity index is 620. The summed E-state index contributed by atoms with van der Waals surface area (Å²) in [5.74, 6) is -0.206. The van der Waals surface area contributed by atoms with Gasteiger partial charge in [-0.1, -0.05) is 6.42 Å². The number of benzene rings is 1. The van der Waals surface area contributed by atoms with Gasteiger partial charge in [-0.05, 0) is 49.8 Å². The highest BCUT2D eigenvalue weighted by Crippen LogP contribution is 2.31. The molecule has 0 saturated heterocycles. The number of hydrogen-bond donors (Lipinski definition) is 1. The fourth-order valence-electron chi connectivity index (χ4n) is 2.77. The first-order valence-corrected chi connectivity index (χ1v) is 6.54. The van der Waals surface area contributed by atoms with E-state index < -0.39 is 0 Å². The molecule has 2 aromatic rings. The summed E-state index contributed by atoms with van der Waals surface area (Å²) >= 11 is 0. The van der Waals surface area contributed by atoms with E-state index in [1.807, 2.05) is 6.07 Å². The molecular weight excluding hydrogens is 227 g/mol. The van der Waals surface area contributed by atoms with E-state index in [1.54, 1.807) is 6.92 Å². The summed E-state index contributed by atoms with van der Waals surface area (Å²) in [7, 11) is 0. The Hall–Kier alpha value is -1.64. The SMILES string of the molecule is Cc1cc2c(N)c3c(nc2cc1F)CCCCC3. The molecule has 94 valence electrons. The molecule has 1 aliphatic carbocycles. The lowest BCUT2D eigenvalue weighted by Crippen LogP contribution is -2.03. The summed E-state index contributed by atoms with van der Waals surface area (Å²) in [6.45, 7) is 1.76.